The van der Waals surface area contributed by atoms with Gasteiger partial charge in [-0.15, -0.1) is 0 Å². The van der Waals surface area contributed by atoms with Crippen molar-refractivity contribution in [2.24, 2.45) is 7.05 Å². The third kappa shape index (κ3) is 2.69. The van der Waals surface area contributed by atoms with Crippen LogP contribution in [0.1, 0.15) is 32.0 Å². The number of nitrogens with zero attached hydrogens (tertiary/aromatic N) is 2. The summed E-state index contributed by atoms with van der Waals surface area (Å²) in [6.45, 7) is 3.25. The van der Waals surface area contributed by atoms with E-state index in [4.69, 9.17) is 0 Å². The van der Waals surface area contributed by atoms with Crippen molar-refractivity contribution in [3.05, 3.63) is 18.2 Å². The summed E-state index contributed by atoms with van der Waals surface area (Å²) in [6, 6.07) is 0. The van der Waals surface area contributed by atoms with Gasteiger partial charge in [0.2, 0.25) is 0 Å². The SMILES string of the molecule is CCCCn1cc[n+](C)c1CCC=O. The number of carbonyl (C=O) groups is 1. The number of aromatic nitrogens is 2. The number of carbonyl (C=O) groups excluding carboxylic acids is 1. The van der Waals surface area contributed by atoms with Crippen LogP contribution < -0.4 is 4.57 Å². The van der Waals surface area contributed by atoms with E-state index in [0.29, 0.717) is 6.42 Å². The summed E-state index contributed by atoms with van der Waals surface area (Å²) in [5, 5.41) is 0. The molecule has 0 aliphatic carbocycles. The van der Waals surface area contributed by atoms with Crippen LogP contribution in [-0.2, 0) is 24.8 Å². The summed E-state index contributed by atoms with van der Waals surface area (Å²) in [5.74, 6) is 1.24. The second kappa shape index (κ2) is 5.58. The minimum Gasteiger partial charge on any atom is -0.303 e. The third-order valence-corrected chi connectivity index (χ3v) is 2.45. The molecule has 1 rings (SSSR count). The number of aryl methyl sites for hydroxylation is 2. The molecule has 1 aromatic rings. The molecule has 0 saturated heterocycles. The zero-order chi connectivity index (χ0) is 10.4. The molecule has 0 fully saturated rings. The van der Waals surface area contributed by atoms with Gasteiger partial charge in [-0.2, -0.15) is 0 Å². The van der Waals surface area contributed by atoms with E-state index in [1.54, 1.807) is 0 Å². The fourth-order valence-electron chi connectivity index (χ4n) is 1.60. The van der Waals surface area contributed by atoms with E-state index in [2.05, 4.69) is 28.5 Å². The van der Waals surface area contributed by atoms with Crippen LogP contribution in [-0.4, -0.2) is 10.9 Å². The smallest absolute Gasteiger partial charge is 0.256 e. The van der Waals surface area contributed by atoms with Gasteiger partial charge in [-0.3, -0.25) is 0 Å². The lowest BCUT2D eigenvalue weighted by molar-refractivity contribution is -0.678. The molecule has 14 heavy (non-hydrogen) atoms. The van der Waals surface area contributed by atoms with Gasteiger partial charge in [0.15, 0.2) is 0 Å². The molecule has 0 amide bonds. The quantitative estimate of drug-likeness (QED) is 0.495. The van der Waals surface area contributed by atoms with Crippen LogP contribution in [0.5, 0.6) is 0 Å². The summed E-state index contributed by atoms with van der Waals surface area (Å²) in [7, 11) is 2.03. The highest BCUT2D eigenvalue weighted by Gasteiger charge is 2.12. The molecular formula is C11H19N2O+. The van der Waals surface area contributed by atoms with Gasteiger partial charge in [-0.25, -0.2) is 9.13 Å². The van der Waals surface area contributed by atoms with Crippen LogP contribution in [0.3, 0.4) is 0 Å². The Labute approximate surface area is 85.4 Å². The lowest BCUT2D eigenvalue weighted by Gasteiger charge is -1.99. The van der Waals surface area contributed by atoms with Crippen molar-refractivity contribution < 1.29 is 9.36 Å². The van der Waals surface area contributed by atoms with Crippen molar-refractivity contribution in [2.75, 3.05) is 0 Å². The number of aldehydes is 1. The normalized spacial score (nSPS) is 10.4. The minimum absolute atomic E-state index is 0.615. The highest BCUT2D eigenvalue weighted by atomic mass is 16.1. The largest absolute Gasteiger partial charge is 0.303 e. The average molecular weight is 195 g/mol. The van der Waals surface area contributed by atoms with Gasteiger partial charge < -0.3 is 4.79 Å². The molecule has 3 nitrogen and oxygen atoms in total. The van der Waals surface area contributed by atoms with Crippen LogP contribution >= 0.6 is 0 Å². The maximum atomic E-state index is 10.3. The second-order valence-electron chi connectivity index (χ2n) is 3.58. The number of unbranched alkanes of at least 4 members (excludes halogenated alkanes) is 1. The molecule has 0 radical (unpaired) electrons. The maximum absolute atomic E-state index is 10.3. The Bertz CT molecular complexity index is 291. The fourth-order valence-corrected chi connectivity index (χ4v) is 1.60. The Morgan fingerprint density at radius 3 is 3.00 bits per heavy atom. The predicted octanol–water partition coefficient (Wildman–Crippen LogP) is 1.24. The van der Waals surface area contributed by atoms with Gasteiger partial charge in [0, 0.05) is 6.42 Å². The van der Waals surface area contributed by atoms with Gasteiger partial charge in [0.25, 0.3) is 5.82 Å². The minimum atomic E-state index is 0.615. The van der Waals surface area contributed by atoms with Crippen LogP contribution in [0, 0.1) is 0 Å². The molecule has 1 heterocycles. The van der Waals surface area contributed by atoms with Crippen molar-refractivity contribution in [2.45, 2.75) is 39.2 Å². The zero-order valence-electron chi connectivity index (χ0n) is 9.07. The molecule has 0 aromatic carbocycles. The molecule has 0 N–H and O–H groups in total. The van der Waals surface area contributed by atoms with Crippen molar-refractivity contribution in [3.63, 3.8) is 0 Å². The van der Waals surface area contributed by atoms with E-state index >= 15 is 0 Å². The van der Waals surface area contributed by atoms with Crippen molar-refractivity contribution >= 4 is 6.29 Å². The Balaban J connectivity index is 2.66. The fraction of sp³-hybridized carbons (Fsp3) is 0.636. The van der Waals surface area contributed by atoms with Gasteiger partial charge in [0.05, 0.1) is 20.0 Å². The van der Waals surface area contributed by atoms with Gasteiger partial charge >= 0.3 is 0 Å². The summed E-state index contributed by atoms with van der Waals surface area (Å²) in [5.41, 5.74) is 0. The lowest BCUT2D eigenvalue weighted by atomic mass is 10.3. The maximum Gasteiger partial charge on any atom is 0.256 e. The Morgan fingerprint density at radius 2 is 2.36 bits per heavy atom. The predicted molar refractivity (Wildman–Crippen MR) is 54.9 cm³/mol. The molecule has 1 aromatic heterocycles. The molecule has 0 aliphatic heterocycles. The standard InChI is InChI=1S/C11H19N2O/c1-3-4-7-13-9-8-12(2)11(13)6-5-10-14/h8-10H,3-7H2,1-2H3/q+1. The molecular weight excluding hydrogens is 176 g/mol. The first-order chi connectivity index (χ1) is 6.79. The van der Waals surface area contributed by atoms with E-state index in [1.807, 2.05) is 7.05 Å². The molecule has 0 aliphatic rings. The molecule has 0 unspecified atom stereocenters. The molecule has 0 bridgehead atoms. The van der Waals surface area contributed by atoms with E-state index in [1.165, 1.54) is 18.7 Å². The van der Waals surface area contributed by atoms with E-state index < -0.39 is 0 Å². The molecule has 78 valence electrons. The molecule has 0 spiro atoms. The first-order valence-electron chi connectivity index (χ1n) is 5.26. The molecule has 3 heteroatoms. The van der Waals surface area contributed by atoms with E-state index in [-0.39, 0.29) is 0 Å². The van der Waals surface area contributed by atoms with E-state index in [0.717, 1.165) is 19.3 Å². The van der Waals surface area contributed by atoms with E-state index in [9.17, 15) is 4.79 Å². The summed E-state index contributed by atoms with van der Waals surface area (Å²) < 4.78 is 4.34. The summed E-state index contributed by atoms with van der Waals surface area (Å²) in [4.78, 5) is 10.3. The van der Waals surface area contributed by atoms with Crippen LogP contribution in [0.4, 0.5) is 0 Å². The van der Waals surface area contributed by atoms with Gasteiger partial charge in [-0.05, 0) is 6.42 Å². The first-order valence-corrected chi connectivity index (χ1v) is 5.26. The summed E-state index contributed by atoms with van der Waals surface area (Å²) in [6.07, 6.45) is 8.99. The first kappa shape index (κ1) is 11.0. The zero-order valence-corrected chi connectivity index (χ0v) is 9.07. The van der Waals surface area contributed by atoms with Crippen LogP contribution in [0.15, 0.2) is 12.4 Å². The Kier molecular flexibility index (Phi) is 4.36. The van der Waals surface area contributed by atoms with Crippen molar-refractivity contribution in [1.29, 1.82) is 0 Å². The highest BCUT2D eigenvalue weighted by molar-refractivity contribution is 5.49. The third-order valence-electron chi connectivity index (χ3n) is 2.45. The summed E-state index contributed by atoms with van der Waals surface area (Å²) >= 11 is 0. The van der Waals surface area contributed by atoms with Crippen LogP contribution in [0.25, 0.3) is 0 Å². The van der Waals surface area contributed by atoms with Crippen LogP contribution in [0.2, 0.25) is 0 Å². The van der Waals surface area contributed by atoms with Gasteiger partial charge in [-0.1, -0.05) is 13.3 Å². The number of hydrogen-bond acceptors (Lipinski definition) is 1. The average Bonchev–Trinajstić information content (AvgIpc) is 2.53. The second-order valence-corrected chi connectivity index (χ2v) is 3.58. The topological polar surface area (TPSA) is 25.9 Å². The van der Waals surface area contributed by atoms with Crippen molar-refractivity contribution in [1.82, 2.24) is 4.57 Å². The highest BCUT2D eigenvalue weighted by Crippen LogP contribution is 2.01. The number of hydrogen-bond donors (Lipinski definition) is 0. The number of imidazole rings is 1. The monoisotopic (exact) mass is 195 g/mol. The molecule has 0 atom stereocenters. The lowest BCUT2D eigenvalue weighted by Crippen LogP contribution is -2.32. The van der Waals surface area contributed by atoms with Crippen molar-refractivity contribution in [3.8, 4) is 0 Å². The Morgan fingerprint density at radius 1 is 1.57 bits per heavy atom. The Hall–Kier alpha value is -1.12. The number of rotatable bonds is 6. The van der Waals surface area contributed by atoms with Gasteiger partial charge in [0.1, 0.15) is 18.7 Å². The molecule has 0 saturated carbocycles.